The topological polar surface area (TPSA) is 154 Å². The van der Waals surface area contributed by atoms with Gasteiger partial charge in [-0.15, -0.1) is 0 Å². The molecule has 0 saturated carbocycles. The second-order valence-electron chi connectivity index (χ2n) is 7.41. The Morgan fingerprint density at radius 2 is 1.62 bits per heavy atom. The Morgan fingerprint density at radius 1 is 1.03 bits per heavy atom. The molecular weight excluding hydrogens is 382 g/mol. The summed E-state index contributed by atoms with van der Waals surface area (Å²) >= 11 is 0. The number of hydrogen-bond acceptors (Lipinski definition) is 6. The molecule has 29 heavy (non-hydrogen) atoms. The Kier molecular flexibility index (Phi) is 8.43. The number of ether oxygens (including phenoxy) is 1. The summed E-state index contributed by atoms with van der Waals surface area (Å²) in [6, 6.07) is 3.91. The molecule has 0 aliphatic carbocycles. The third-order valence-corrected chi connectivity index (χ3v) is 3.55. The number of carboxylic acids is 1. The maximum absolute atomic E-state index is 12.4. The molecule has 0 bridgehead atoms. The molecule has 0 fully saturated rings. The van der Waals surface area contributed by atoms with Crippen molar-refractivity contribution in [2.75, 3.05) is 6.54 Å². The maximum Gasteiger partial charge on any atom is 0.408 e. The summed E-state index contributed by atoms with van der Waals surface area (Å²) in [4.78, 5) is 47.3. The van der Waals surface area contributed by atoms with Crippen LogP contribution in [0.15, 0.2) is 24.3 Å². The number of carboxylic acid groups (broad SMARTS) is 1. The first-order valence-corrected chi connectivity index (χ1v) is 8.94. The van der Waals surface area contributed by atoms with E-state index in [9.17, 15) is 24.3 Å². The van der Waals surface area contributed by atoms with Gasteiger partial charge in [0.15, 0.2) is 0 Å². The molecule has 1 rings (SSSR count). The van der Waals surface area contributed by atoms with Crippen LogP contribution in [-0.2, 0) is 25.5 Å². The van der Waals surface area contributed by atoms with Crippen LogP contribution in [0, 0.1) is 0 Å². The highest BCUT2D eigenvalue weighted by Crippen LogP contribution is 2.12. The van der Waals surface area contributed by atoms with E-state index < -0.39 is 48.1 Å². The van der Waals surface area contributed by atoms with Crippen LogP contribution in [0.5, 0.6) is 5.75 Å². The van der Waals surface area contributed by atoms with Crippen LogP contribution in [0.25, 0.3) is 0 Å². The molecule has 1 aromatic carbocycles. The van der Waals surface area contributed by atoms with Gasteiger partial charge in [0.05, 0.1) is 0 Å². The number of phenols is 1. The van der Waals surface area contributed by atoms with Gasteiger partial charge in [-0.05, 0) is 45.4 Å². The summed E-state index contributed by atoms with van der Waals surface area (Å²) in [5.74, 6) is -2.53. The number of nitrogens with one attached hydrogen (secondary N) is 3. The molecule has 5 N–H and O–H groups in total. The van der Waals surface area contributed by atoms with Gasteiger partial charge in [-0.3, -0.25) is 14.4 Å². The molecule has 0 spiro atoms. The molecular formula is C19H27N3O7. The quantitative estimate of drug-likeness (QED) is 0.420. The Morgan fingerprint density at radius 3 is 2.14 bits per heavy atom. The average Bonchev–Trinajstić information content (AvgIpc) is 2.58. The molecule has 10 nitrogen and oxygen atoms in total. The zero-order valence-corrected chi connectivity index (χ0v) is 16.8. The summed E-state index contributed by atoms with van der Waals surface area (Å²) in [6.07, 6.45) is -0.734. The number of amides is 3. The molecule has 160 valence electrons. The lowest BCUT2D eigenvalue weighted by Crippen LogP contribution is -2.54. The second-order valence-corrected chi connectivity index (χ2v) is 7.41. The second kappa shape index (κ2) is 10.3. The molecule has 0 aliphatic rings. The van der Waals surface area contributed by atoms with Gasteiger partial charge in [-0.25, -0.2) is 4.79 Å². The van der Waals surface area contributed by atoms with E-state index in [1.54, 1.807) is 32.9 Å². The highest BCUT2D eigenvalue weighted by molar-refractivity contribution is 5.92. The number of aliphatic carboxylic acids is 1. The summed E-state index contributed by atoms with van der Waals surface area (Å²) in [6.45, 7) is 5.85. The van der Waals surface area contributed by atoms with E-state index in [1.807, 2.05) is 0 Å². The van der Waals surface area contributed by atoms with E-state index in [4.69, 9.17) is 9.84 Å². The largest absolute Gasteiger partial charge is 0.508 e. The zero-order valence-electron chi connectivity index (χ0n) is 16.8. The Balaban J connectivity index is 2.81. The third kappa shape index (κ3) is 9.45. The van der Waals surface area contributed by atoms with Gasteiger partial charge in [-0.2, -0.15) is 0 Å². The average molecular weight is 409 g/mol. The van der Waals surface area contributed by atoms with Gasteiger partial charge in [0, 0.05) is 6.42 Å². The minimum absolute atomic E-state index is 0.0415. The first kappa shape index (κ1) is 23.7. The number of carbonyl (C=O) groups is 4. The minimum atomic E-state index is -1.23. The van der Waals surface area contributed by atoms with E-state index in [1.165, 1.54) is 19.1 Å². The van der Waals surface area contributed by atoms with Crippen molar-refractivity contribution in [3.63, 3.8) is 0 Å². The van der Waals surface area contributed by atoms with Crippen LogP contribution in [0.4, 0.5) is 4.79 Å². The molecule has 0 radical (unpaired) electrons. The van der Waals surface area contributed by atoms with E-state index >= 15 is 0 Å². The van der Waals surface area contributed by atoms with Crippen molar-refractivity contribution in [1.29, 1.82) is 0 Å². The van der Waals surface area contributed by atoms with E-state index in [2.05, 4.69) is 16.0 Å². The number of hydrogen-bond donors (Lipinski definition) is 5. The van der Waals surface area contributed by atoms with Crippen LogP contribution in [0.1, 0.15) is 33.3 Å². The van der Waals surface area contributed by atoms with Crippen LogP contribution in [0.3, 0.4) is 0 Å². The predicted octanol–water partition coefficient (Wildman–Crippen LogP) is 0.534. The predicted molar refractivity (Wildman–Crippen MR) is 103 cm³/mol. The molecule has 0 unspecified atom stereocenters. The fourth-order valence-electron chi connectivity index (χ4n) is 2.21. The number of phenolic OH excluding ortho intramolecular Hbond substituents is 1. The SMILES string of the molecule is C[C@H](NC(=O)OC(C)(C)C)C(=O)N[C@@H](Cc1ccc(O)cc1)C(=O)NCC(=O)O. The molecule has 1 aromatic rings. The van der Waals surface area contributed by atoms with Gasteiger partial charge in [0.1, 0.15) is 30.0 Å². The van der Waals surface area contributed by atoms with Gasteiger partial charge >= 0.3 is 12.1 Å². The Bertz CT molecular complexity index is 741. The van der Waals surface area contributed by atoms with Crippen molar-refractivity contribution in [3.8, 4) is 5.75 Å². The van der Waals surface area contributed by atoms with Gasteiger partial charge in [0.2, 0.25) is 11.8 Å². The van der Waals surface area contributed by atoms with Crippen molar-refractivity contribution < 1.29 is 34.1 Å². The fraction of sp³-hybridized carbons (Fsp3) is 0.474. The molecule has 0 aliphatic heterocycles. The number of carbonyl (C=O) groups excluding carboxylic acids is 3. The van der Waals surface area contributed by atoms with Gasteiger partial charge in [-0.1, -0.05) is 12.1 Å². The highest BCUT2D eigenvalue weighted by atomic mass is 16.6. The lowest BCUT2D eigenvalue weighted by atomic mass is 10.0. The normalized spacial score (nSPS) is 13.0. The number of alkyl carbamates (subject to hydrolysis) is 1. The minimum Gasteiger partial charge on any atom is -0.508 e. The summed E-state index contributed by atoms with van der Waals surface area (Å²) < 4.78 is 5.08. The van der Waals surface area contributed by atoms with Crippen LogP contribution in [0.2, 0.25) is 0 Å². The fourth-order valence-corrected chi connectivity index (χ4v) is 2.21. The lowest BCUT2D eigenvalue weighted by Gasteiger charge is -2.23. The molecule has 0 aromatic heterocycles. The van der Waals surface area contributed by atoms with E-state index in [0.29, 0.717) is 5.56 Å². The number of benzene rings is 1. The summed E-state index contributed by atoms with van der Waals surface area (Å²) in [5, 5.41) is 25.2. The van der Waals surface area contributed by atoms with Crippen molar-refractivity contribution in [2.24, 2.45) is 0 Å². The third-order valence-electron chi connectivity index (χ3n) is 3.55. The maximum atomic E-state index is 12.4. The first-order chi connectivity index (χ1) is 13.4. The van der Waals surface area contributed by atoms with E-state index in [-0.39, 0.29) is 12.2 Å². The number of aromatic hydroxyl groups is 1. The van der Waals surface area contributed by atoms with Crippen molar-refractivity contribution in [3.05, 3.63) is 29.8 Å². The molecule has 3 amide bonds. The molecule has 2 atom stereocenters. The van der Waals surface area contributed by atoms with Crippen molar-refractivity contribution >= 4 is 23.9 Å². The number of rotatable bonds is 8. The van der Waals surface area contributed by atoms with E-state index in [0.717, 1.165) is 0 Å². The van der Waals surface area contributed by atoms with Gasteiger partial charge < -0.3 is 30.9 Å². The van der Waals surface area contributed by atoms with Gasteiger partial charge in [0.25, 0.3) is 0 Å². The van der Waals surface area contributed by atoms with Crippen LogP contribution >= 0.6 is 0 Å². The summed E-state index contributed by atoms with van der Waals surface area (Å²) in [7, 11) is 0. The molecule has 10 heteroatoms. The molecule has 0 saturated heterocycles. The lowest BCUT2D eigenvalue weighted by molar-refractivity contribution is -0.138. The highest BCUT2D eigenvalue weighted by Gasteiger charge is 2.26. The van der Waals surface area contributed by atoms with Crippen LogP contribution < -0.4 is 16.0 Å². The van der Waals surface area contributed by atoms with Crippen LogP contribution in [-0.4, -0.2) is 58.3 Å². The summed E-state index contributed by atoms with van der Waals surface area (Å²) in [5.41, 5.74) is -0.107. The zero-order chi connectivity index (χ0) is 22.2. The standard InChI is InChI=1S/C19H27N3O7/c1-11(21-18(28)29-19(2,3)4)16(26)22-14(17(27)20-10-15(24)25)9-12-5-7-13(23)8-6-12/h5-8,11,14,23H,9-10H2,1-4H3,(H,20,27)(H,21,28)(H,22,26)(H,24,25)/t11-,14-/m0/s1. The first-order valence-electron chi connectivity index (χ1n) is 8.94. The molecule has 0 heterocycles. The van der Waals surface area contributed by atoms with Crippen molar-refractivity contribution in [1.82, 2.24) is 16.0 Å². The Labute approximate surface area is 168 Å². The Hall–Kier alpha value is -3.30. The smallest absolute Gasteiger partial charge is 0.408 e. The monoisotopic (exact) mass is 409 g/mol. The van der Waals surface area contributed by atoms with Crippen molar-refractivity contribution in [2.45, 2.75) is 51.8 Å².